The molecule has 1 aromatic heterocycles. The highest BCUT2D eigenvalue weighted by Gasteiger charge is 2.20. The predicted octanol–water partition coefficient (Wildman–Crippen LogP) is 2.59. The number of hydrogen-bond donors (Lipinski definition) is 1. The number of nitrogens with one attached hydrogen (secondary N) is 1. The van der Waals surface area contributed by atoms with Gasteiger partial charge in [-0.15, -0.1) is 0 Å². The van der Waals surface area contributed by atoms with Crippen LogP contribution in [0.1, 0.15) is 39.4 Å². The second-order valence-corrected chi connectivity index (χ2v) is 7.05. The van der Waals surface area contributed by atoms with Crippen LogP contribution in [-0.2, 0) is 5.41 Å². The molecular formula is C13H24N4S. The molecule has 1 aromatic rings. The van der Waals surface area contributed by atoms with Gasteiger partial charge >= 0.3 is 0 Å². The van der Waals surface area contributed by atoms with Crippen LogP contribution in [0.2, 0.25) is 0 Å². The second kappa shape index (κ2) is 5.53. The molecule has 4 nitrogen and oxygen atoms in total. The van der Waals surface area contributed by atoms with E-state index in [0.29, 0.717) is 0 Å². The molecule has 18 heavy (non-hydrogen) atoms. The number of piperidine rings is 1. The lowest BCUT2D eigenvalue weighted by Crippen LogP contribution is -2.32. The maximum atomic E-state index is 4.57. The van der Waals surface area contributed by atoms with E-state index in [2.05, 4.69) is 47.4 Å². The SMILES string of the molecule is CN1CCC(CNc2nc(C(C)(C)C)ns2)CC1. The predicted molar refractivity (Wildman–Crippen MR) is 77.3 cm³/mol. The fraction of sp³-hybridized carbons (Fsp3) is 0.846. The molecule has 0 atom stereocenters. The first-order valence-corrected chi connectivity index (χ1v) is 7.49. The summed E-state index contributed by atoms with van der Waals surface area (Å²) in [5.41, 5.74) is 0.0456. The number of anilines is 1. The summed E-state index contributed by atoms with van der Waals surface area (Å²) < 4.78 is 4.42. The summed E-state index contributed by atoms with van der Waals surface area (Å²) in [5, 5.41) is 4.42. The minimum atomic E-state index is 0.0456. The fourth-order valence-corrected chi connectivity index (χ4v) is 2.86. The van der Waals surface area contributed by atoms with Crippen LogP contribution in [0.15, 0.2) is 0 Å². The summed E-state index contributed by atoms with van der Waals surface area (Å²) in [5.74, 6) is 1.72. The first kappa shape index (κ1) is 13.7. The van der Waals surface area contributed by atoms with Crippen molar-refractivity contribution in [2.75, 3.05) is 32.0 Å². The summed E-state index contributed by atoms with van der Waals surface area (Å²) in [6.07, 6.45) is 2.57. The van der Waals surface area contributed by atoms with E-state index in [9.17, 15) is 0 Å². The molecule has 1 N–H and O–H groups in total. The lowest BCUT2D eigenvalue weighted by atomic mass is 9.96. The van der Waals surface area contributed by atoms with Gasteiger partial charge in [-0.05, 0) is 38.9 Å². The summed E-state index contributed by atoms with van der Waals surface area (Å²) in [6, 6.07) is 0. The topological polar surface area (TPSA) is 41.0 Å². The van der Waals surface area contributed by atoms with E-state index in [1.165, 1.54) is 37.5 Å². The average molecular weight is 268 g/mol. The Morgan fingerprint density at radius 1 is 1.33 bits per heavy atom. The largest absolute Gasteiger partial charge is 0.360 e. The Hall–Kier alpha value is -0.680. The number of nitrogens with zero attached hydrogens (tertiary/aromatic N) is 3. The van der Waals surface area contributed by atoms with Crippen molar-refractivity contribution in [1.82, 2.24) is 14.3 Å². The van der Waals surface area contributed by atoms with E-state index in [1.54, 1.807) is 0 Å². The molecule has 0 spiro atoms. The van der Waals surface area contributed by atoms with Crippen molar-refractivity contribution in [3.8, 4) is 0 Å². The van der Waals surface area contributed by atoms with E-state index < -0.39 is 0 Å². The Labute approximate surface area is 114 Å². The third kappa shape index (κ3) is 3.65. The Morgan fingerprint density at radius 3 is 2.56 bits per heavy atom. The molecule has 1 fully saturated rings. The number of aromatic nitrogens is 2. The van der Waals surface area contributed by atoms with Crippen molar-refractivity contribution in [3.05, 3.63) is 5.82 Å². The minimum absolute atomic E-state index is 0.0456. The molecule has 0 bridgehead atoms. The van der Waals surface area contributed by atoms with Gasteiger partial charge in [-0.1, -0.05) is 20.8 Å². The Morgan fingerprint density at radius 2 is 2.00 bits per heavy atom. The van der Waals surface area contributed by atoms with Gasteiger partial charge < -0.3 is 10.2 Å². The number of hydrogen-bond acceptors (Lipinski definition) is 5. The van der Waals surface area contributed by atoms with E-state index in [1.807, 2.05) is 0 Å². The van der Waals surface area contributed by atoms with E-state index in [0.717, 1.165) is 23.4 Å². The quantitative estimate of drug-likeness (QED) is 0.915. The molecule has 1 aliphatic heterocycles. The fourth-order valence-electron chi connectivity index (χ4n) is 2.10. The molecule has 1 saturated heterocycles. The van der Waals surface area contributed by atoms with Gasteiger partial charge in [-0.3, -0.25) is 0 Å². The molecule has 0 aromatic carbocycles. The molecule has 5 heteroatoms. The molecule has 0 unspecified atom stereocenters. The lowest BCUT2D eigenvalue weighted by Gasteiger charge is -2.28. The molecular weight excluding hydrogens is 244 g/mol. The molecule has 0 saturated carbocycles. The summed E-state index contributed by atoms with van der Waals surface area (Å²) in [4.78, 5) is 6.97. The van der Waals surface area contributed by atoms with Gasteiger partial charge in [0.1, 0.15) is 5.82 Å². The monoisotopic (exact) mass is 268 g/mol. The normalized spacial score (nSPS) is 19.1. The first-order valence-electron chi connectivity index (χ1n) is 6.72. The third-order valence-corrected chi connectivity index (χ3v) is 4.15. The van der Waals surface area contributed by atoms with Gasteiger partial charge in [-0.25, -0.2) is 4.98 Å². The summed E-state index contributed by atoms with van der Waals surface area (Å²) >= 11 is 1.48. The van der Waals surface area contributed by atoms with Crippen LogP contribution in [0.25, 0.3) is 0 Å². The van der Waals surface area contributed by atoms with Crippen LogP contribution in [0.4, 0.5) is 5.13 Å². The molecule has 2 heterocycles. The third-order valence-electron chi connectivity index (χ3n) is 3.48. The van der Waals surface area contributed by atoms with Gasteiger partial charge in [-0.2, -0.15) is 4.37 Å². The van der Waals surface area contributed by atoms with Gasteiger partial charge in [0, 0.05) is 23.5 Å². The van der Waals surface area contributed by atoms with E-state index in [-0.39, 0.29) is 5.41 Å². The van der Waals surface area contributed by atoms with Crippen LogP contribution < -0.4 is 5.32 Å². The zero-order valence-corrected chi connectivity index (χ0v) is 12.7. The highest BCUT2D eigenvalue weighted by molar-refractivity contribution is 7.09. The van der Waals surface area contributed by atoms with Gasteiger partial charge in [0.15, 0.2) is 0 Å². The van der Waals surface area contributed by atoms with Crippen molar-refractivity contribution in [2.45, 2.75) is 39.0 Å². The Kier molecular flexibility index (Phi) is 4.22. The smallest absolute Gasteiger partial charge is 0.202 e. The van der Waals surface area contributed by atoms with Crippen molar-refractivity contribution < 1.29 is 0 Å². The molecule has 2 rings (SSSR count). The van der Waals surface area contributed by atoms with E-state index >= 15 is 0 Å². The van der Waals surface area contributed by atoms with Crippen molar-refractivity contribution in [2.24, 2.45) is 5.92 Å². The molecule has 1 aliphatic rings. The Bertz CT molecular complexity index is 375. The highest BCUT2D eigenvalue weighted by atomic mass is 32.1. The summed E-state index contributed by atoms with van der Waals surface area (Å²) in [7, 11) is 2.20. The second-order valence-electron chi connectivity index (χ2n) is 6.30. The molecule has 0 aliphatic carbocycles. The first-order chi connectivity index (χ1) is 8.45. The molecule has 0 amide bonds. The number of rotatable bonds is 3. The minimum Gasteiger partial charge on any atom is -0.360 e. The van der Waals surface area contributed by atoms with Crippen LogP contribution >= 0.6 is 11.5 Å². The van der Waals surface area contributed by atoms with Gasteiger partial charge in [0.2, 0.25) is 5.13 Å². The standard InChI is InChI=1S/C13H24N4S/c1-13(2,3)11-15-12(18-16-11)14-9-10-5-7-17(4)8-6-10/h10H,5-9H2,1-4H3,(H,14,15,16). The maximum Gasteiger partial charge on any atom is 0.202 e. The van der Waals surface area contributed by atoms with Crippen molar-refractivity contribution >= 4 is 16.7 Å². The van der Waals surface area contributed by atoms with Crippen LogP contribution in [-0.4, -0.2) is 40.9 Å². The number of likely N-dealkylation sites (tertiary alicyclic amines) is 1. The maximum absolute atomic E-state index is 4.57. The van der Waals surface area contributed by atoms with Crippen molar-refractivity contribution in [3.63, 3.8) is 0 Å². The lowest BCUT2D eigenvalue weighted by molar-refractivity contribution is 0.226. The summed E-state index contributed by atoms with van der Waals surface area (Å²) in [6.45, 7) is 9.92. The zero-order chi connectivity index (χ0) is 13.2. The highest BCUT2D eigenvalue weighted by Crippen LogP contribution is 2.23. The average Bonchev–Trinajstić information content (AvgIpc) is 2.77. The Balaban J connectivity index is 1.82. The van der Waals surface area contributed by atoms with Gasteiger partial charge in [0.25, 0.3) is 0 Å². The molecule has 0 radical (unpaired) electrons. The van der Waals surface area contributed by atoms with Crippen LogP contribution in [0.3, 0.4) is 0 Å². The van der Waals surface area contributed by atoms with E-state index in [4.69, 9.17) is 0 Å². The molecule has 102 valence electrons. The van der Waals surface area contributed by atoms with Crippen LogP contribution in [0.5, 0.6) is 0 Å². The van der Waals surface area contributed by atoms with Gasteiger partial charge in [0.05, 0.1) is 0 Å². The van der Waals surface area contributed by atoms with Crippen LogP contribution in [0, 0.1) is 5.92 Å². The van der Waals surface area contributed by atoms with Crippen molar-refractivity contribution in [1.29, 1.82) is 0 Å². The zero-order valence-electron chi connectivity index (χ0n) is 11.9.